The molecule has 1 amide bonds. The average Bonchev–Trinajstić information content (AvgIpc) is 2.95. The number of hydrogen-bond acceptors (Lipinski definition) is 4. The zero-order chi connectivity index (χ0) is 27.0. The van der Waals surface area contributed by atoms with E-state index >= 15 is 0 Å². The number of carbonyl (C=O) groups is 2. The van der Waals surface area contributed by atoms with Crippen LogP contribution in [0.1, 0.15) is 48.0 Å². The molecule has 1 saturated carbocycles. The predicted molar refractivity (Wildman–Crippen MR) is 151 cm³/mol. The maximum atomic E-state index is 13.5. The average molecular weight is 550 g/mol. The first kappa shape index (κ1) is 27.8. The van der Waals surface area contributed by atoms with Crippen LogP contribution in [0.2, 0.25) is 5.02 Å². The Balaban J connectivity index is 1.52. The van der Waals surface area contributed by atoms with Gasteiger partial charge in [-0.25, -0.2) is 8.42 Å². The van der Waals surface area contributed by atoms with Crippen LogP contribution in [0, 0.1) is 11.8 Å². The summed E-state index contributed by atoms with van der Waals surface area (Å²) in [5, 5.41) is 4.79. The Hall–Kier alpha value is -3.22. The molecule has 0 radical (unpaired) electrons. The highest BCUT2D eigenvalue weighted by Crippen LogP contribution is 2.33. The van der Waals surface area contributed by atoms with Gasteiger partial charge in [0.15, 0.2) is 15.6 Å². The lowest BCUT2D eigenvalue weighted by atomic mass is 9.75. The Kier molecular flexibility index (Phi) is 9.53. The third kappa shape index (κ3) is 7.42. The molecule has 1 aliphatic rings. The van der Waals surface area contributed by atoms with E-state index in [0.717, 1.165) is 18.4 Å². The second-order valence-corrected chi connectivity index (χ2v) is 12.0. The molecule has 0 aromatic heterocycles. The largest absolute Gasteiger partial charge is 0.350 e. The minimum atomic E-state index is -3.66. The van der Waals surface area contributed by atoms with Crippen LogP contribution in [0.5, 0.6) is 0 Å². The summed E-state index contributed by atoms with van der Waals surface area (Å²) in [7, 11) is -3.66. The number of aryl methyl sites for hydroxylation is 1. The first-order valence-electron chi connectivity index (χ1n) is 13.0. The van der Waals surface area contributed by atoms with Gasteiger partial charge in [-0.3, -0.25) is 9.59 Å². The molecule has 0 spiro atoms. The van der Waals surface area contributed by atoms with Gasteiger partial charge in [-0.05, 0) is 67.6 Å². The second kappa shape index (κ2) is 13.0. The number of Topliss-reactive ketones (excluding diaryl/α,β-unsaturated/α-hetero) is 1. The first-order chi connectivity index (χ1) is 18.3. The van der Waals surface area contributed by atoms with Crippen molar-refractivity contribution in [3.05, 3.63) is 113 Å². The van der Waals surface area contributed by atoms with Crippen LogP contribution >= 0.6 is 11.6 Å². The van der Waals surface area contributed by atoms with Crippen molar-refractivity contribution in [1.82, 2.24) is 5.32 Å². The maximum absolute atomic E-state index is 13.5. The summed E-state index contributed by atoms with van der Waals surface area (Å²) >= 11 is 5.99. The summed E-state index contributed by atoms with van der Waals surface area (Å²) in [5.74, 6) is -1.15. The van der Waals surface area contributed by atoms with Gasteiger partial charge in [0, 0.05) is 33.9 Å². The van der Waals surface area contributed by atoms with E-state index in [1.54, 1.807) is 60.7 Å². The molecule has 38 heavy (non-hydrogen) atoms. The molecule has 3 atom stereocenters. The van der Waals surface area contributed by atoms with Crippen LogP contribution in [0.25, 0.3) is 0 Å². The Morgan fingerprint density at radius 1 is 0.868 bits per heavy atom. The number of benzene rings is 3. The van der Waals surface area contributed by atoms with Crippen LogP contribution in [0.4, 0.5) is 0 Å². The quantitative estimate of drug-likeness (QED) is 0.295. The number of nitrogens with one attached hydrogen (secondary N) is 1. The molecule has 0 aliphatic heterocycles. The highest BCUT2D eigenvalue weighted by molar-refractivity contribution is 7.94. The van der Waals surface area contributed by atoms with Crippen molar-refractivity contribution in [3.8, 4) is 0 Å². The molecule has 0 heterocycles. The molecule has 0 unspecified atom stereocenters. The normalized spacial score (nSPS) is 18.7. The molecule has 0 saturated heterocycles. The fourth-order valence-corrected chi connectivity index (χ4v) is 6.16. The Labute approximate surface area is 229 Å². The molecule has 7 heteroatoms. The Bertz CT molecular complexity index is 1360. The highest BCUT2D eigenvalue weighted by Gasteiger charge is 2.36. The summed E-state index contributed by atoms with van der Waals surface area (Å²) in [6.45, 7) is 0. The van der Waals surface area contributed by atoms with E-state index in [1.807, 2.05) is 30.3 Å². The van der Waals surface area contributed by atoms with Crippen molar-refractivity contribution in [2.45, 2.75) is 49.5 Å². The van der Waals surface area contributed by atoms with E-state index in [9.17, 15) is 18.0 Å². The van der Waals surface area contributed by atoms with E-state index in [1.165, 1.54) is 5.41 Å². The number of rotatable bonds is 10. The van der Waals surface area contributed by atoms with E-state index in [-0.39, 0.29) is 16.6 Å². The van der Waals surface area contributed by atoms with Crippen molar-refractivity contribution < 1.29 is 18.0 Å². The van der Waals surface area contributed by atoms with Gasteiger partial charge in [0.25, 0.3) is 0 Å². The lowest BCUT2D eigenvalue weighted by Crippen LogP contribution is -2.43. The molecule has 5 nitrogen and oxygen atoms in total. The van der Waals surface area contributed by atoms with Gasteiger partial charge in [-0.2, -0.15) is 0 Å². The van der Waals surface area contributed by atoms with E-state index in [4.69, 9.17) is 11.6 Å². The molecule has 0 bridgehead atoms. The summed E-state index contributed by atoms with van der Waals surface area (Å²) in [4.78, 5) is 27.1. The SMILES string of the molecule is O=C(N[C@H](/C=C/S(=O)(=O)c1ccccc1)CCc1ccccc1)[C@H]1CCCC[C@@H]1C(=O)c1ccc(Cl)cc1. The molecule has 198 valence electrons. The monoisotopic (exact) mass is 549 g/mol. The van der Waals surface area contributed by atoms with Crippen LogP contribution in [0.3, 0.4) is 0 Å². The van der Waals surface area contributed by atoms with Gasteiger partial charge in [0.05, 0.1) is 4.90 Å². The van der Waals surface area contributed by atoms with Gasteiger partial charge in [0.2, 0.25) is 5.91 Å². The van der Waals surface area contributed by atoms with Crippen molar-refractivity contribution >= 4 is 33.1 Å². The van der Waals surface area contributed by atoms with Gasteiger partial charge < -0.3 is 5.32 Å². The van der Waals surface area contributed by atoms with E-state index in [2.05, 4.69) is 5.32 Å². The number of halogens is 1. The van der Waals surface area contributed by atoms with Crippen LogP contribution in [0.15, 0.2) is 101 Å². The molecular weight excluding hydrogens is 518 g/mol. The van der Waals surface area contributed by atoms with Gasteiger partial charge in [-0.1, -0.05) is 79.0 Å². The molecule has 4 rings (SSSR count). The summed E-state index contributed by atoms with van der Waals surface area (Å²) < 4.78 is 25.7. The van der Waals surface area contributed by atoms with Crippen molar-refractivity contribution in [2.24, 2.45) is 11.8 Å². The van der Waals surface area contributed by atoms with Crippen LogP contribution in [-0.2, 0) is 21.1 Å². The standard InChI is InChI=1S/C31H32ClNO4S/c32-25-18-16-24(17-19-25)30(34)28-13-7-8-14-29(28)31(35)33-26(20-15-23-9-3-1-4-10-23)21-22-38(36,37)27-11-5-2-6-12-27/h1-6,9-12,16-19,21-22,26,28-29H,7-8,13-15,20H2,(H,33,35)/b22-21+/t26-,28-,29-/m0/s1. The first-order valence-corrected chi connectivity index (χ1v) is 14.9. The summed E-state index contributed by atoms with van der Waals surface area (Å²) in [6.07, 6.45) is 5.77. The van der Waals surface area contributed by atoms with E-state index in [0.29, 0.717) is 36.3 Å². The van der Waals surface area contributed by atoms with Crippen molar-refractivity contribution in [1.29, 1.82) is 0 Å². The number of sulfone groups is 1. The topological polar surface area (TPSA) is 80.3 Å². The van der Waals surface area contributed by atoms with E-state index < -0.39 is 27.7 Å². The number of hydrogen-bond donors (Lipinski definition) is 1. The lowest BCUT2D eigenvalue weighted by Gasteiger charge is -2.31. The lowest BCUT2D eigenvalue weighted by molar-refractivity contribution is -0.127. The van der Waals surface area contributed by atoms with Crippen molar-refractivity contribution in [2.75, 3.05) is 0 Å². The Morgan fingerprint density at radius 3 is 2.13 bits per heavy atom. The molecule has 1 fully saturated rings. The maximum Gasteiger partial charge on any atom is 0.224 e. The van der Waals surface area contributed by atoms with Gasteiger partial charge in [-0.15, -0.1) is 0 Å². The van der Waals surface area contributed by atoms with Gasteiger partial charge >= 0.3 is 0 Å². The minimum absolute atomic E-state index is 0.0513. The molecular formula is C31H32ClNO4S. The number of carbonyl (C=O) groups excluding carboxylic acids is 2. The smallest absolute Gasteiger partial charge is 0.224 e. The fraction of sp³-hybridized carbons (Fsp3) is 0.290. The third-order valence-electron chi connectivity index (χ3n) is 7.04. The Morgan fingerprint density at radius 2 is 1.47 bits per heavy atom. The molecule has 3 aromatic carbocycles. The number of ketones is 1. The minimum Gasteiger partial charge on any atom is -0.350 e. The molecule has 1 aliphatic carbocycles. The van der Waals surface area contributed by atoms with Crippen LogP contribution in [-0.4, -0.2) is 26.2 Å². The second-order valence-electron chi connectivity index (χ2n) is 9.69. The summed E-state index contributed by atoms with van der Waals surface area (Å²) in [5.41, 5.74) is 1.65. The van der Waals surface area contributed by atoms with Crippen LogP contribution < -0.4 is 5.32 Å². The van der Waals surface area contributed by atoms with Crippen molar-refractivity contribution in [3.63, 3.8) is 0 Å². The predicted octanol–water partition coefficient (Wildman–Crippen LogP) is 6.43. The summed E-state index contributed by atoms with van der Waals surface area (Å²) in [6, 6.07) is 24.3. The van der Waals surface area contributed by atoms with Gasteiger partial charge in [0.1, 0.15) is 0 Å². The molecule has 3 aromatic rings. The highest BCUT2D eigenvalue weighted by atomic mass is 35.5. The zero-order valence-corrected chi connectivity index (χ0v) is 22.7. The number of amides is 1. The zero-order valence-electron chi connectivity index (χ0n) is 21.1. The molecule has 1 N–H and O–H groups in total. The fourth-order valence-electron chi connectivity index (χ4n) is 4.95. The third-order valence-corrected chi connectivity index (χ3v) is 8.74.